The van der Waals surface area contributed by atoms with Crippen LogP contribution in [0.15, 0.2) is 11.6 Å². The normalized spacial score (nSPS) is 44.6. The van der Waals surface area contributed by atoms with Crippen molar-refractivity contribution >= 4 is 11.8 Å². The first-order valence-corrected chi connectivity index (χ1v) is 10.5. The van der Waals surface area contributed by atoms with Gasteiger partial charge in [-0.3, -0.25) is 9.59 Å². The maximum atomic E-state index is 12.5. The Kier molecular flexibility index (Phi) is 4.53. The average molecular weight is 360 g/mol. The number of rotatable bonds is 3. The van der Waals surface area contributed by atoms with Gasteiger partial charge in [0.2, 0.25) is 0 Å². The Balaban J connectivity index is 1.64. The van der Waals surface area contributed by atoms with Crippen LogP contribution in [0, 0.1) is 34.5 Å². The summed E-state index contributed by atoms with van der Waals surface area (Å²) in [5.41, 5.74) is 1.07. The number of carbonyl (C=O) groups is 2. The molecule has 6 atom stereocenters. The zero-order chi connectivity index (χ0) is 18.5. The lowest BCUT2D eigenvalue weighted by Crippen LogP contribution is -2.53. The van der Waals surface area contributed by atoms with Crippen LogP contribution in [0.25, 0.3) is 0 Å². The standard InChI is InChI=1S/C22H32O4/c1-3-26-20(25)19-7-6-17-16-5-4-14-12-15(24)8-11-22(14,13-23)18(16)9-10-21(17,19)2/h12,16-19,23H,3-11,13H2,1-2H3. The van der Waals surface area contributed by atoms with Crippen LogP contribution in [0.2, 0.25) is 0 Å². The first kappa shape index (κ1) is 18.2. The molecule has 4 aliphatic rings. The summed E-state index contributed by atoms with van der Waals surface area (Å²) in [7, 11) is 0. The third kappa shape index (κ3) is 2.44. The van der Waals surface area contributed by atoms with Crippen molar-refractivity contribution in [1.29, 1.82) is 0 Å². The van der Waals surface area contributed by atoms with Gasteiger partial charge in [-0.2, -0.15) is 0 Å². The molecule has 0 aromatic carbocycles. The van der Waals surface area contributed by atoms with Gasteiger partial charge >= 0.3 is 5.97 Å². The second-order valence-corrected chi connectivity index (χ2v) is 9.29. The molecular formula is C22H32O4. The Morgan fingerprint density at radius 3 is 2.73 bits per heavy atom. The molecule has 0 amide bonds. The van der Waals surface area contributed by atoms with E-state index in [2.05, 4.69) is 6.92 Å². The van der Waals surface area contributed by atoms with Gasteiger partial charge in [-0.25, -0.2) is 0 Å². The average Bonchev–Trinajstić information content (AvgIpc) is 2.99. The van der Waals surface area contributed by atoms with Crippen LogP contribution in [0.4, 0.5) is 0 Å². The number of ketones is 1. The molecule has 0 aromatic heterocycles. The van der Waals surface area contributed by atoms with E-state index >= 15 is 0 Å². The van der Waals surface area contributed by atoms with Crippen LogP contribution in [0.5, 0.6) is 0 Å². The van der Waals surface area contributed by atoms with E-state index in [9.17, 15) is 14.7 Å². The van der Waals surface area contributed by atoms with E-state index in [0.717, 1.165) is 44.9 Å². The highest BCUT2D eigenvalue weighted by molar-refractivity contribution is 5.91. The lowest BCUT2D eigenvalue weighted by Gasteiger charge is -2.58. The molecule has 0 spiro atoms. The summed E-state index contributed by atoms with van der Waals surface area (Å²) in [5, 5.41) is 10.4. The second kappa shape index (κ2) is 6.47. The highest BCUT2D eigenvalue weighted by Crippen LogP contribution is 2.66. The zero-order valence-electron chi connectivity index (χ0n) is 16.1. The van der Waals surface area contributed by atoms with Crippen LogP contribution in [0.3, 0.4) is 0 Å². The lowest BCUT2D eigenvalue weighted by molar-refractivity contribution is -0.156. The largest absolute Gasteiger partial charge is 0.466 e. The number of esters is 1. The van der Waals surface area contributed by atoms with E-state index in [-0.39, 0.29) is 35.1 Å². The number of fused-ring (bicyclic) bond motifs is 5. The third-order valence-electron chi connectivity index (χ3n) is 8.54. The van der Waals surface area contributed by atoms with Crippen molar-refractivity contribution in [3.63, 3.8) is 0 Å². The maximum Gasteiger partial charge on any atom is 0.309 e. The van der Waals surface area contributed by atoms with Crippen LogP contribution in [-0.2, 0) is 14.3 Å². The van der Waals surface area contributed by atoms with Gasteiger partial charge in [0.1, 0.15) is 0 Å². The zero-order valence-corrected chi connectivity index (χ0v) is 16.1. The number of hydrogen-bond donors (Lipinski definition) is 1. The summed E-state index contributed by atoms with van der Waals surface area (Å²) in [6.07, 6.45) is 9.38. The summed E-state index contributed by atoms with van der Waals surface area (Å²) < 4.78 is 5.39. The number of aliphatic hydroxyl groups is 1. The fourth-order valence-electron chi connectivity index (χ4n) is 7.29. The van der Waals surface area contributed by atoms with E-state index in [1.54, 1.807) is 0 Å². The Morgan fingerprint density at radius 2 is 2.00 bits per heavy atom. The monoisotopic (exact) mass is 360 g/mol. The Labute approximate surface area is 156 Å². The predicted octanol–water partition coefficient (Wildman–Crippen LogP) is 3.67. The molecule has 0 saturated heterocycles. The fourth-order valence-corrected chi connectivity index (χ4v) is 7.29. The molecule has 4 heteroatoms. The molecular weight excluding hydrogens is 328 g/mol. The van der Waals surface area contributed by atoms with Crippen molar-refractivity contribution in [3.8, 4) is 0 Å². The smallest absolute Gasteiger partial charge is 0.309 e. The highest BCUT2D eigenvalue weighted by atomic mass is 16.5. The molecule has 4 aliphatic carbocycles. The molecule has 0 bridgehead atoms. The van der Waals surface area contributed by atoms with Crippen molar-refractivity contribution < 1.29 is 19.4 Å². The number of hydrogen-bond acceptors (Lipinski definition) is 4. The van der Waals surface area contributed by atoms with Crippen molar-refractivity contribution in [1.82, 2.24) is 0 Å². The SMILES string of the molecule is CCOC(=O)C1CCC2C3CCC4=CC(=O)CCC4(CO)C3CCC12C. The van der Waals surface area contributed by atoms with Crippen LogP contribution in [0.1, 0.15) is 65.2 Å². The minimum absolute atomic E-state index is 0.00696. The van der Waals surface area contributed by atoms with Crippen LogP contribution in [-0.4, -0.2) is 30.1 Å². The Hall–Kier alpha value is -1.16. The van der Waals surface area contributed by atoms with Gasteiger partial charge in [-0.05, 0) is 81.1 Å². The van der Waals surface area contributed by atoms with Gasteiger partial charge < -0.3 is 9.84 Å². The summed E-state index contributed by atoms with van der Waals surface area (Å²) in [6.45, 7) is 4.81. The van der Waals surface area contributed by atoms with Crippen molar-refractivity contribution in [2.24, 2.45) is 34.5 Å². The van der Waals surface area contributed by atoms with Gasteiger partial charge in [-0.15, -0.1) is 0 Å². The second-order valence-electron chi connectivity index (χ2n) is 9.29. The van der Waals surface area contributed by atoms with Crippen molar-refractivity contribution in [3.05, 3.63) is 11.6 Å². The molecule has 3 saturated carbocycles. The molecule has 0 aromatic rings. The molecule has 0 heterocycles. The molecule has 4 nitrogen and oxygen atoms in total. The van der Waals surface area contributed by atoms with Gasteiger partial charge in [0.25, 0.3) is 0 Å². The van der Waals surface area contributed by atoms with E-state index in [4.69, 9.17) is 4.74 Å². The van der Waals surface area contributed by atoms with E-state index in [1.807, 2.05) is 13.0 Å². The predicted molar refractivity (Wildman–Crippen MR) is 98.2 cm³/mol. The minimum atomic E-state index is -0.180. The quantitative estimate of drug-likeness (QED) is 0.780. The molecule has 144 valence electrons. The summed E-state index contributed by atoms with van der Waals surface area (Å²) >= 11 is 0. The topological polar surface area (TPSA) is 63.6 Å². The van der Waals surface area contributed by atoms with Crippen molar-refractivity contribution in [2.75, 3.05) is 13.2 Å². The Bertz CT molecular complexity index is 638. The van der Waals surface area contributed by atoms with E-state index in [0.29, 0.717) is 30.8 Å². The molecule has 3 fully saturated rings. The third-order valence-corrected chi connectivity index (χ3v) is 8.54. The van der Waals surface area contributed by atoms with Gasteiger partial charge in [0.05, 0.1) is 19.1 Å². The molecule has 0 aliphatic heterocycles. The first-order valence-electron chi connectivity index (χ1n) is 10.5. The summed E-state index contributed by atoms with van der Waals surface area (Å²) in [4.78, 5) is 24.5. The number of ether oxygens (including phenoxy) is 1. The highest BCUT2D eigenvalue weighted by Gasteiger charge is 2.61. The van der Waals surface area contributed by atoms with Gasteiger partial charge in [0, 0.05) is 11.8 Å². The Morgan fingerprint density at radius 1 is 1.19 bits per heavy atom. The maximum absolute atomic E-state index is 12.5. The molecule has 1 N–H and O–H groups in total. The first-order chi connectivity index (χ1) is 12.5. The molecule has 0 radical (unpaired) electrons. The van der Waals surface area contributed by atoms with Gasteiger partial charge in [-0.1, -0.05) is 12.5 Å². The minimum Gasteiger partial charge on any atom is -0.466 e. The van der Waals surface area contributed by atoms with Gasteiger partial charge in [0.15, 0.2) is 5.78 Å². The number of carbonyl (C=O) groups excluding carboxylic acids is 2. The van der Waals surface area contributed by atoms with E-state index < -0.39 is 0 Å². The molecule has 6 unspecified atom stereocenters. The number of aliphatic hydroxyl groups excluding tert-OH is 1. The van der Waals surface area contributed by atoms with E-state index in [1.165, 1.54) is 5.57 Å². The van der Waals surface area contributed by atoms with Crippen LogP contribution >= 0.6 is 0 Å². The summed E-state index contributed by atoms with van der Waals surface area (Å²) in [6, 6.07) is 0. The lowest BCUT2D eigenvalue weighted by atomic mass is 9.46. The van der Waals surface area contributed by atoms with Crippen LogP contribution < -0.4 is 0 Å². The summed E-state index contributed by atoms with van der Waals surface area (Å²) in [5.74, 6) is 1.81. The fraction of sp³-hybridized carbons (Fsp3) is 0.818. The molecule has 4 rings (SSSR count). The molecule has 26 heavy (non-hydrogen) atoms. The van der Waals surface area contributed by atoms with Crippen molar-refractivity contribution in [2.45, 2.75) is 65.2 Å².